The Morgan fingerprint density at radius 3 is 2.50 bits per heavy atom. The molecule has 0 aliphatic carbocycles. The summed E-state index contributed by atoms with van der Waals surface area (Å²) in [7, 11) is 0. The van der Waals surface area contributed by atoms with Crippen LogP contribution >= 0.6 is 11.8 Å². The number of anilines is 1. The van der Waals surface area contributed by atoms with Crippen LogP contribution in [-0.2, 0) is 4.79 Å². The smallest absolute Gasteiger partial charge is 0.234 e. The molecule has 2 aromatic rings. The lowest BCUT2D eigenvalue weighted by Gasteiger charge is -2.08. The van der Waals surface area contributed by atoms with Crippen molar-refractivity contribution in [2.45, 2.75) is 17.9 Å². The molecule has 0 saturated heterocycles. The first-order valence-corrected chi connectivity index (χ1v) is 7.60. The lowest BCUT2D eigenvalue weighted by Crippen LogP contribution is -2.14. The van der Waals surface area contributed by atoms with Crippen LogP contribution in [0.5, 0.6) is 0 Å². The van der Waals surface area contributed by atoms with Crippen LogP contribution in [0.4, 0.5) is 14.5 Å². The van der Waals surface area contributed by atoms with Gasteiger partial charge in [0.15, 0.2) is 0 Å². The SMILES string of the molecule is C[C@H](O)c1ccc(NC(=O)CSc2ccc(F)cc2F)cc1. The molecule has 116 valence electrons. The largest absolute Gasteiger partial charge is 0.389 e. The van der Waals surface area contributed by atoms with Gasteiger partial charge in [-0.25, -0.2) is 8.78 Å². The second-order valence-electron chi connectivity index (χ2n) is 4.71. The molecule has 0 radical (unpaired) electrons. The zero-order valence-corrected chi connectivity index (χ0v) is 12.7. The molecular weight excluding hydrogens is 308 g/mol. The van der Waals surface area contributed by atoms with E-state index in [4.69, 9.17) is 0 Å². The predicted octanol–water partition coefficient (Wildman–Crippen LogP) is 3.75. The number of benzene rings is 2. The molecule has 1 amide bonds. The van der Waals surface area contributed by atoms with E-state index in [9.17, 15) is 18.7 Å². The maximum Gasteiger partial charge on any atom is 0.234 e. The molecule has 3 nitrogen and oxygen atoms in total. The third kappa shape index (κ3) is 4.54. The van der Waals surface area contributed by atoms with Crippen molar-refractivity contribution in [3.05, 3.63) is 59.7 Å². The van der Waals surface area contributed by atoms with Gasteiger partial charge in [-0.15, -0.1) is 11.8 Å². The Bertz CT molecular complexity index is 660. The van der Waals surface area contributed by atoms with E-state index in [1.807, 2.05) is 0 Å². The molecule has 6 heteroatoms. The van der Waals surface area contributed by atoms with E-state index in [1.165, 1.54) is 6.07 Å². The fourth-order valence-corrected chi connectivity index (χ4v) is 2.50. The van der Waals surface area contributed by atoms with Crippen LogP contribution in [0.3, 0.4) is 0 Å². The first-order chi connectivity index (χ1) is 10.5. The first-order valence-electron chi connectivity index (χ1n) is 6.61. The molecule has 22 heavy (non-hydrogen) atoms. The summed E-state index contributed by atoms with van der Waals surface area (Å²) in [6.45, 7) is 1.65. The number of halogens is 2. The van der Waals surface area contributed by atoms with Gasteiger partial charge in [-0.05, 0) is 36.8 Å². The first kappa shape index (κ1) is 16.5. The molecule has 0 spiro atoms. The van der Waals surface area contributed by atoms with Crippen LogP contribution in [-0.4, -0.2) is 16.8 Å². The molecule has 0 heterocycles. The minimum atomic E-state index is -0.681. The number of carbonyl (C=O) groups excluding carboxylic acids is 1. The van der Waals surface area contributed by atoms with Gasteiger partial charge in [0.05, 0.1) is 11.9 Å². The minimum Gasteiger partial charge on any atom is -0.389 e. The highest BCUT2D eigenvalue weighted by Gasteiger charge is 2.08. The fraction of sp³-hybridized carbons (Fsp3) is 0.188. The molecule has 0 bridgehead atoms. The molecule has 0 unspecified atom stereocenters. The number of hydrogen-bond donors (Lipinski definition) is 2. The zero-order valence-electron chi connectivity index (χ0n) is 11.8. The Morgan fingerprint density at radius 1 is 1.23 bits per heavy atom. The average Bonchev–Trinajstić information content (AvgIpc) is 2.47. The van der Waals surface area contributed by atoms with Gasteiger partial charge in [-0.3, -0.25) is 4.79 Å². The fourth-order valence-electron chi connectivity index (χ4n) is 1.78. The maximum absolute atomic E-state index is 13.4. The van der Waals surface area contributed by atoms with Crippen molar-refractivity contribution in [3.63, 3.8) is 0 Å². The number of amides is 1. The van der Waals surface area contributed by atoms with Gasteiger partial charge in [0.1, 0.15) is 11.6 Å². The van der Waals surface area contributed by atoms with Crippen molar-refractivity contribution in [2.24, 2.45) is 0 Å². The van der Waals surface area contributed by atoms with Crippen LogP contribution in [0, 0.1) is 11.6 Å². The Balaban J connectivity index is 1.90. The van der Waals surface area contributed by atoms with Gasteiger partial charge in [0.2, 0.25) is 5.91 Å². The summed E-state index contributed by atoms with van der Waals surface area (Å²) in [6, 6.07) is 10.0. The zero-order chi connectivity index (χ0) is 16.1. The highest BCUT2D eigenvalue weighted by molar-refractivity contribution is 8.00. The van der Waals surface area contributed by atoms with Crippen LogP contribution in [0.25, 0.3) is 0 Å². The molecule has 0 aliphatic heterocycles. The number of nitrogens with one attached hydrogen (secondary N) is 1. The maximum atomic E-state index is 13.4. The molecule has 0 saturated carbocycles. The third-order valence-corrected chi connectivity index (χ3v) is 3.98. The number of aliphatic hydroxyl groups excluding tert-OH is 1. The van der Waals surface area contributed by atoms with Crippen molar-refractivity contribution in [1.29, 1.82) is 0 Å². The summed E-state index contributed by atoms with van der Waals surface area (Å²) >= 11 is 0.997. The minimum absolute atomic E-state index is 0.0146. The lowest BCUT2D eigenvalue weighted by molar-refractivity contribution is -0.113. The van der Waals surface area contributed by atoms with E-state index < -0.39 is 17.7 Å². The number of aliphatic hydroxyl groups is 1. The van der Waals surface area contributed by atoms with E-state index in [1.54, 1.807) is 31.2 Å². The molecular formula is C16H15F2NO2S. The Morgan fingerprint density at radius 2 is 1.91 bits per heavy atom. The second-order valence-corrected chi connectivity index (χ2v) is 5.73. The summed E-state index contributed by atoms with van der Waals surface area (Å²) in [6.07, 6.45) is -0.568. The van der Waals surface area contributed by atoms with E-state index in [2.05, 4.69) is 5.32 Å². The summed E-state index contributed by atoms with van der Waals surface area (Å²) in [5.74, 6) is -1.61. The Kier molecular flexibility index (Phi) is 5.51. The summed E-state index contributed by atoms with van der Waals surface area (Å²) in [5, 5.41) is 12.1. The molecule has 2 N–H and O–H groups in total. The molecule has 1 atom stereocenters. The second kappa shape index (κ2) is 7.38. The van der Waals surface area contributed by atoms with Crippen LogP contribution in [0.1, 0.15) is 18.6 Å². The van der Waals surface area contributed by atoms with Gasteiger partial charge < -0.3 is 10.4 Å². The van der Waals surface area contributed by atoms with Gasteiger partial charge in [-0.1, -0.05) is 12.1 Å². The number of rotatable bonds is 5. The van der Waals surface area contributed by atoms with Crippen molar-refractivity contribution in [1.82, 2.24) is 0 Å². The quantitative estimate of drug-likeness (QED) is 0.824. The molecule has 2 aromatic carbocycles. The summed E-state index contributed by atoms with van der Waals surface area (Å²) < 4.78 is 26.2. The summed E-state index contributed by atoms with van der Waals surface area (Å²) in [4.78, 5) is 12.0. The van der Waals surface area contributed by atoms with Gasteiger partial charge in [0.25, 0.3) is 0 Å². The molecule has 2 rings (SSSR count). The monoisotopic (exact) mass is 323 g/mol. The van der Waals surface area contributed by atoms with Crippen LogP contribution in [0.2, 0.25) is 0 Å². The van der Waals surface area contributed by atoms with Gasteiger partial charge in [0, 0.05) is 16.6 Å². The Hall–Kier alpha value is -1.92. The van der Waals surface area contributed by atoms with E-state index >= 15 is 0 Å². The van der Waals surface area contributed by atoms with Crippen molar-refractivity contribution in [3.8, 4) is 0 Å². The topological polar surface area (TPSA) is 49.3 Å². The number of hydrogen-bond acceptors (Lipinski definition) is 3. The van der Waals surface area contributed by atoms with Crippen LogP contribution in [0.15, 0.2) is 47.4 Å². The highest BCUT2D eigenvalue weighted by atomic mass is 32.2. The lowest BCUT2D eigenvalue weighted by atomic mass is 10.1. The van der Waals surface area contributed by atoms with Gasteiger partial charge in [-0.2, -0.15) is 0 Å². The van der Waals surface area contributed by atoms with Crippen molar-refractivity contribution in [2.75, 3.05) is 11.1 Å². The molecule has 0 fully saturated rings. The number of carbonyl (C=O) groups is 1. The van der Waals surface area contributed by atoms with Crippen LogP contribution < -0.4 is 5.32 Å². The van der Waals surface area contributed by atoms with E-state index in [0.717, 1.165) is 29.5 Å². The normalized spacial score (nSPS) is 12.0. The van der Waals surface area contributed by atoms with E-state index in [-0.39, 0.29) is 16.6 Å². The Labute approximate surface area is 131 Å². The van der Waals surface area contributed by atoms with E-state index in [0.29, 0.717) is 5.69 Å². The summed E-state index contributed by atoms with van der Waals surface area (Å²) in [5.41, 5.74) is 1.34. The highest BCUT2D eigenvalue weighted by Crippen LogP contribution is 2.22. The average molecular weight is 323 g/mol. The van der Waals surface area contributed by atoms with Crippen molar-refractivity contribution >= 4 is 23.4 Å². The standard InChI is InChI=1S/C16H15F2NO2S/c1-10(20)11-2-5-13(6-3-11)19-16(21)9-22-15-7-4-12(17)8-14(15)18/h2-8,10,20H,9H2,1H3,(H,19,21)/t10-/m0/s1. The van der Waals surface area contributed by atoms with Gasteiger partial charge >= 0.3 is 0 Å². The third-order valence-electron chi connectivity index (χ3n) is 2.93. The molecule has 0 aliphatic rings. The number of thioether (sulfide) groups is 1. The molecule has 0 aromatic heterocycles. The predicted molar refractivity (Wildman–Crippen MR) is 82.8 cm³/mol. The van der Waals surface area contributed by atoms with Crippen molar-refractivity contribution < 1.29 is 18.7 Å².